The van der Waals surface area contributed by atoms with Crippen LogP contribution in [0.2, 0.25) is 0 Å². The van der Waals surface area contributed by atoms with Crippen LogP contribution in [0, 0.1) is 18.3 Å². The third-order valence-corrected chi connectivity index (χ3v) is 6.27. The molecule has 0 spiro atoms. The molecular formula is C22H26N8. The Bertz CT molecular complexity index is 1070. The van der Waals surface area contributed by atoms with E-state index in [0.717, 1.165) is 53.4 Å². The van der Waals surface area contributed by atoms with Crippen molar-refractivity contribution in [3.05, 3.63) is 36.2 Å². The molecule has 2 fully saturated rings. The number of hydrogen-bond acceptors (Lipinski definition) is 7. The molecule has 2 aliphatic heterocycles. The SMILES string of the molecule is Cc1cc(Nc2cc3ncccc3c(NC3CC4CC[C@@H](C3)N4CCC#N)n2)n[nH]1. The monoisotopic (exact) mass is 402 g/mol. The maximum Gasteiger partial charge on any atom is 0.153 e. The number of fused-ring (bicyclic) bond motifs is 3. The molecule has 2 aliphatic rings. The van der Waals surface area contributed by atoms with Crippen molar-refractivity contribution in [3.8, 4) is 6.07 Å². The van der Waals surface area contributed by atoms with Crippen LogP contribution in [-0.2, 0) is 0 Å². The second kappa shape index (κ2) is 7.92. The Kier molecular flexibility index (Phi) is 4.97. The van der Waals surface area contributed by atoms with E-state index in [1.807, 2.05) is 31.3 Å². The lowest BCUT2D eigenvalue weighted by molar-refractivity contribution is 0.136. The smallest absolute Gasteiger partial charge is 0.153 e. The molecule has 0 amide bonds. The quantitative estimate of drug-likeness (QED) is 0.577. The predicted octanol–water partition coefficient (Wildman–Crippen LogP) is 3.73. The molecule has 2 unspecified atom stereocenters. The highest BCUT2D eigenvalue weighted by molar-refractivity contribution is 5.91. The van der Waals surface area contributed by atoms with Gasteiger partial charge in [-0.2, -0.15) is 10.4 Å². The molecule has 3 N–H and O–H groups in total. The average molecular weight is 403 g/mol. The average Bonchev–Trinajstić information content (AvgIpc) is 3.25. The van der Waals surface area contributed by atoms with Crippen LogP contribution >= 0.6 is 0 Å². The first-order valence-electron chi connectivity index (χ1n) is 10.6. The van der Waals surface area contributed by atoms with E-state index in [1.165, 1.54) is 12.8 Å². The van der Waals surface area contributed by atoms with Crippen LogP contribution in [0.1, 0.15) is 37.8 Å². The van der Waals surface area contributed by atoms with Gasteiger partial charge in [-0.1, -0.05) is 0 Å². The molecule has 0 saturated carbocycles. The molecule has 2 bridgehead atoms. The Morgan fingerprint density at radius 2 is 2.07 bits per heavy atom. The van der Waals surface area contributed by atoms with Gasteiger partial charge in [-0.05, 0) is 44.7 Å². The van der Waals surface area contributed by atoms with Crippen LogP contribution in [-0.4, -0.2) is 49.7 Å². The van der Waals surface area contributed by atoms with Gasteiger partial charge in [0.25, 0.3) is 0 Å². The molecule has 8 heteroatoms. The number of nitrogens with zero attached hydrogens (tertiary/aromatic N) is 5. The zero-order valence-corrected chi connectivity index (χ0v) is 17.1. The Morgan fingerprint density at radius 3 is 2.80 bits per heavy atom. The minimum atomic E-state index is 0.375. The Hall–Kier alpha value is -3.18. The maximum atomic E-state index is 8.95. The number of H-pyrrole nitrogens is 1. The number of aromatic amines is 1. The summed E-state index contributed by atoms with van der Waals surface area (Å²) in [6.07, 6.45) is 7.04. The van der Waals surface area contributed by atoms with E-state index in [-0.39, 0.29) is 0 Å². The Balaban J connectivity index is 1.38. The van der Waals surface area contributed by atoms with Gasteiger partial charge in [-0.3, -0.25) is 15.0 Å². The van der Waals surface area contributed by atoms with Gasteiger partial charge in [0, 0.05) is 60.5 Å². The van der Waals surface area contributed by atoms with Crippen LogP contribution in [0.25, 0.3) is 10.9 Å². The molecule has 30 heavy (non-hydrogen) atoms. The van der Waals surface area contributed by atoms with Crippen molar-refractivity contribution in [2.24, 2.45) is 0 Å². The zero-order chi connectivity index (χ0) is 20.5. The van der Waals surface area contributed by atoms with Gasteiger partial charge in [0.15, 0.2) is 5.82 Å². The standard InChI is InChI=1S/C22H26N8/c1-14-10-21(29-28-14)26-20-13-19-18(4-2-8-24-19)22(27-20)25-15-11-16-5-6-17(12-15)30(16)9-3-7-23/h2,4,8,10,13,15-17H,3,5-6,9,11-12H2,1H3,(H3,25,26,27,28,29)/t15?,16-,17?/m0/s1. The lowest BCUT2D eigenvalue weighted by Gasteiger charge is -2.39. The van der Waals surface area contributed by atoms with Crippen molar-refractivity contribution in [3.63, 3.8) is 0 Å². The van der Waals surface area contributed by atoms with Crippen LogP contribution in [0.4, 0.5) is 17.5 Å². The Labute approximate surface area is 175 Å². The van der Waals surface area contributed by atoms with Gasteiger partial charge in [-0.25, -0.2) is 4.98 Å². The molecule has 0 radical (unpaired) electrons. The number of piperidine rings is 1. The summed E-state index contributed by atoms with van der Waals surface area (Å²) in [7, 11) is 0. The zero-order valence-electron chi connectivity index (χ0n) is 17.1. The minimum absolute atomic E-state index is 0.375. The van der Waals surface area contributed by atoms with Crippen molar-refractivity contribution in [1.82, 2.24) is 25.1 Å². The maximum absolute atomic E-state index is 8.95. The number of rotatable bonds is 6. The molecule has 3 aromatic heterocycles. The molecule has 3 aromatic rings. The van der Waals surface area contributed by atoms with E-state index in [2.05, 4.69) is 42.9 Å². The van der Waals surface area contributed by atoms with Gasteiger partial charge in [-0.15, -0.1) is 0 Å². The Morgan fingerprint density at radius 1 is 1.23 bits per heavy atom. The lowest BCUT2D eigenvalue weighted by Crippen LogP contribution is -2.47. The first-order valence-corrected chi connectivity index (χ1v) is 10.6. The number of nitrogens with one attached hydrogen (secondary N) is 3. The number of anilines is 3. The number of aromatic nitrogens is 4. The van der Waals surface area contributed by atoms with Crippen LogP contribution in [0.3, 0.4) is 0 Å². The summed E-state index contributed by atoms with van der Waals surface area (Å²) in [5, 5.41) is 24.2. The van der Waals surface area contributed by atoms with E-state index in [9.17, 15) is 0 Å². The van der Waals surface area contributed by atoms with E-state index < -0.39 is 0 Å². The van der Waals surface area contributed by atoms with Gasteiger partial charge in [0.1, 0.15) is 11.6 Å². The summed E-state index contributed by atoms with van der Waals surface area (Å²) < 4.78 is 0. The molecule has 5 rings (SSSR count). The predicted molar refractivity (Wildman–Crippen MR) is 117 cm³/mol. The van der Waals surface area contributed by atoms with Crippen molar-refractivity contribution >= 4 is 28.4 Å². The fourth-order valence-electron chi connectivity index (χ4n) is 4.99. The minimum Gasteiger partial charge on any atom is -0.367 e. The summed E-state index contributed by atoms with van der Waals surface area (Å²) >= 11 is 0. The number of nitriles is 1. The number of aryl methyl sites for hydroxylation is 1. The summed E-state index contributed by atoms with van der Waals surface area (Å²) in [5.74, 6) is 2.33. The summed E-state index contributed by atoms with van der Waals surface area (Å²) in [5.41, 5.74) is 1.90. The lowest BCUT2D eigenvalue weighted by atomic mass is 9.97. The topological polar surface area (TPSA) is 106 Å². The van der Waals surface area contributed by atoms with Gasteiger partial charge >= 0.3 is 0 Å². The van der Waals surface area contributed by atoms with Crippen molar-refractivity contribution in [1.29, 1.82) is 5.26 Å². The van der Waals surface area contributed by atoms with Crippen molar-refractivity contribution in [2.75, 3.05) is 17.2 Å². The van der Waals surface area contributed by atoms with E-state index in [0.29, 0.717) is 24.5 Å². The fraction of sp³-hybridized carbons (Fsp3) is 0.455. The number of pyridine rings is 2. The molecule has 2 saturated heterocycles. The second-order valence-corrected chi connectivity index (χ2v) is 8.33. The van der Waals surface area contributed by atoms with Gasteiger partial charge in [0.2, 0.25) is 0 Å². The number of hydrogen-bond donors (Lipinski definition) is 3. The van der Waals surface area contributed by atoms with Crippen molar-refractivity contribution in [2.45, 2.75) is 57.2 Å². The first-order chi connectivity index (χ1) is 14.7. The molecule has 5 heterocycles. The van der Waals surface area contributed by atoms with E-state index in [1.54, 1.807) is 0 Å². The summed E-state index contributed by atoms with van der Waals surface area (Å²) in [6, 6.07) is 11.7. The fourth-order valence-corrected chi connectivity index (χ4v) is 4.99. The third kappa shape index (κ3) is 3.68. The van der Waals surface area contributed by atoms with E-state index in [4.69, 9.17) is 10.2 Å². The second-order valence-electron chi connectivity index (χ2n) is 8.33. The van der Waals surface area contributed by atoms with Crippen LogP contribution < -0.4 is 10.6 Å². The highest BCUT2D eigenvalue weighted by Crippen LogP contribution is 2.37. The van der Waals surface area contributed by atoms with Crippen LogP contribution in [0.15, 0.2) is 30.5 Å². The molecule has 0 aromatic carbocycles. The highest BCUT2D eigenvalue weighted by Gasteiger charge is 2.40. The largest absolute Gasteiger partial charge is 0.367 e. The van der Waals surface area contributed by atoms with Crippen molar-refractivity contribution < 1.29 is 0 Å². The first kappa shape index (κ1) is 18.8. The van der Waals surface area contributed by atoms with Crippen LogP contribution in [0.5, 0.6) is 0 Å². The highest BCUT2D eigenvalue weighted by atomic mass is 15.2. The molecular weight excluding hydrogens is 376 g/mol. The summed E-state index contributed by atoms with van der Waals surface area (Å²) in [4.78, 5) is 12.0. The molecule has 154 valence electrons. The molecule has 8 nitrogen and oxygen atoms in total. The third-order valence-electron chi connectivity index (χ3n) is 6.27. The van der Waals surface area contributed by atoms with E-state index >= 15 is 0 Å². The van der Waals surface area contributed by atoms with Gasteiger partial charge in [0.05, 0.1) is 11.6 Å². The molecule has 3 atom stereocenters. The molecule has 0 aliphatic carbocycles. The normalized spacial score (nSPS) is 23.4. The summed E-state index contributed by atoms with van der Waals surface area (Å²) in [6.45, 7) is 2.87. The van der Waals surface area contributed by atoms with Gasteiger partial charge < -0.3 is 10.6 Å².